The molecule has 20 heavy (non-hydrogen) atoms. The van der Waals surface area contributed by atoms with Gasteiger partial charge < -0.3 is 10.0 Å². The fraction of sp³-hybridized carbons (Fsp3) is 0.312. The maximum absolute atomic E-state index is 9.68. The molecule has 1 heterocycles. The van der Waals surface area contributed by atoms with E-state index in [1.807, 2.05) is 30.6 Å². The molecule has 0 unspecified atom stereocenters. The zero-order valence-corrected chi connectivity index (χ0v) is 13.3. The Labute approximate surface area is 128 Å². The van der Waals surface area contributed by atoms with Gasteiger partial charge in [0.1, 0.15) is 0 Å². The number of aliphatic hydroxyl groups is 1. The average molecular weight is 335 g/mol. The van der Waals surface area contributed by atoms with Crippen molar-refractivity contribution in [2.75, 3.05) is 11.4 Å². The lowest BCUT2D eigenvalue weighted by atomic mass is 10.1. The molecule has 0 aliphatic carbocycles. The Morgan fingerprint density at radius 1 is 1.25 bits per heavy atom. The van der Waals surface area contributed by atoms with E-state index in [1.165, 1.54) is 5.56 Å². The predicted octanol–water partition coefficient (Wildman–Crippen LogP) is 3.92. The highest BCUT2D eigenvalue weighted by Crippen LogP contribution is 2.28. The van der Waals surface area contributed by atoms with E-state index in [4.69, 9.17) is 0 Å². The van der Waals surface area contributed by atoms with Crippen LogP contribution in [0.5, 0.6) is 0 Å². The molecule has 1 N–H and O–H groups in total. The van der Waals surface area contributed by atoms with E-state index in [1.54, 1.807) is 6.92 Å². The second kappa shape index (κ2) is 6.86. The summed E-state index contributed by atoms with van der Waals surface area (Å²) < 4.78 is 0.943. The first-order valence-corrected chi connectivity index (χ1v) is 7.52. The van der Waals surface area contributed by atoms with Gasteiger partial charge in [0.2, 0.25) is 0 Å². The number of anilines is 1. The largest absolute Gasteiger partial charge is 0.389 e. The van der Waals surface area contributed by atoms with Crippen LogP contribution in [0, 0.1) is 0 Å². The second-order valence-electron chi connectivity index (χ2n) is 4.75. The van der Waals surface area contributed by atoms with E-state index in [2.05, 4.69) is 44.9 Å². The van der Waals surface area contributed by atoms with Crippen molar-refractivity contribution in [1.82, 2.24) is 4.98 Å². The molecule has 0 fully saturated rings. The zero-order valence-electron chi connectivity index (χ0n) is 11.8. The summed E-state index contributed by atoms with van der Waals surface area (Å²) in [6.07, 6.45) is 3.17. The molecule has 0 aliphatic rings. The maximum Gasteiger partial charge on any atom is 0.0772 e. The molecule has 1 atom stereocenters. The minimum Gasteiger partial charge on any atom is -0.389 e. The van der Waals surface area contributed by atoms with Crippen LogP contribution in [0.15, 0.2) is 47.2 Å². The van der Waals surface area contributed by atoms with Gasteiger partial charge in [0.05, 0.1) is 6.10 Å². The van der Waals surface area contributed by atoms with Crippen LogP contribution in [0.4, 0.5) is 5.69 Å². The first kappa shape index (κ1) is 15.0. The van der Waals surface area contributed by atoms with Crippen molar-refractivity contribution in [1.29, 1.82) is 0 Å². The summed E-state index contributed by atoms with van der Waals surface area (Å²) in [6.45, 7) is 5.67. The minimum absolute atomic E-state index is 0.464. The lowest BCUT2D eigenvalue weighted by molar-refractivity contribution is 0.198. The Morgan fingerprint density at radius 2 is 1.95 bits per heavy atom. The highest BCUT2D eigenvalue weighted by atomic mass is 79.9. The Morgan fingerprint density at radius 3 is 2.50 bits per heavy atom. The summed E-state index contributed by atoms with van der Waals surface area (Å²) in [7, 11) is 0. The molecular formula is C16H19BrN2O. The molecule has 2 aromatic rings. The number of pyridine rings is 1. The molecule has 1 aromatic heterocycles. The molecule has 0 bridgehead atoms. The van der Waals surface area contributed by atoms with Gasteiger partial charge in [-0.1, -0.05) is 22.0 Å². The zero-order chi connectivity index (χ0) is 14.5. The first-order valence-electron chi connectivity index (χ1n) is 6.73. The van der Waals surface area contributed by atoms with Gasteiger partial charge in [-0.3, -0.25) is 4.98 Å². The van der Waals surface area contributed by atoms with E-state index >= 15 is 0 Å². The van der Waals surface area contributed by atoms with Crippen LogP contribution in [-0.2, 0) is 6.54 Å². The monoisotopic (exact) mass is 334 g/mol. The van der Waals surface area contributed by atoms with E-state index in [9.17, 15) is 5.11 Å². The molecule has 0 amide bonds. The van der Waals surface area contributed by atoms with E-state index in [0.717, 1.165) is 28.8 Å². The van der Waals surface area contributed by atoms with Crippen molar-refractivity contribution in [2.45, 2.75) is 26.5 Å². The minimum atomic E-state index is -0.464. The van der Waals surface area contributed by atoms with Gasteiger partial charge in [-0.25, -0.2) is 0 Å². The normalized spacial score (nSPS) is 12.2. The van der Waals surface area contributed by atoms with Gasteiger partial charge in [-0.15, -0.1) is 0 Å². The third kappa shape index (κ3) is 3.58. The third-order valence-corrected chi connectivity index (χ3v) is 3.99. The van der Waals surface area contributed by atoms with Crippen molar-refractivity contribution in [3.63, 3.8) is 0 Å². The topological polar surface area (TPSA) is 36.4 Å². The fourth-order valence-corrected chi connectivity index (χ4v) is 2.84. The molecular weight excluding hydrogens is 316 g/mol. The molecule has 0 aliphatic heterocycles. The number of benzene rings is 1. The number of hydrogen-bond donors (Lipinski definition) is 1. The summed E-state index contributed by atoms with van der Waals surface area (Å²) in [6, 6.07) is 10.1. The average Bonchev–Trinajstić information content (AvgIpc) is 2.45. The molecule has 106 valence electrons. The number of halogens is 1. The quantitative estimate of drug-likeness (QED) is 0.900. The van der Waals surface area contributed by atoms with E-state index in [-0.39, 0.29) is 0 Å². The molecule has 4 heteroatoms. The molecule has 0 radical (unpaired) electrons. The van der Waals surface area contributed by atoms with Crippen molar-refractivity contribution in [3.8, 4) is 0 Å². The summed E-state index contributed by atoms with van der Waals surface area (Å²) in [5.74, 6) is 0. The van der Waals surface area contributed by atoms with Gasteiger partial charge >= 0.3 is 0 Å². The van der Waals surface area contributed by atoms with Gasteiger partial charge in [0.25, 0.3) is 0 Å². The lowest BCUT2D eigenvalue weighted by Crippen LogP contribution is -2.22. The van der Waals surface area contributed by atoms with Crippen molar-refractivity contribution < 1.29 is 5.11 Å². The first-order chi connectivity index (χ1) is 9.61. The molecule has 3 nitrogen and oxygen atoms in total. The number of aliphatic hydroxyl groups excluding tert-OH is 1. The van der Waals surface area contributed by atoms with Crippen LogP contribution in [0.1, 0.15) is 31.1 Å². The lowest BCUT2D eigenvalue weighted by Gasteiger charge is -2.24. The number of rotatable bonds is 5. The Hall–Kier alpha value is -1.39. The van der Waals surface area contributed by atoms with Crippen molar-refractivity contribution >= 4 is 21.6 Å². The molecule has 0 saturated carbocycles. The standard InChI is InChI=1S/C16H19BrN2O/c1-3-19(11-13-6-8-18-9-7-13)14-4-5-15(12(2)20)16(17)10-14/h4-10,12,20H,3,11H2,1-2H3/t12-/m1/s1. The summed E-state index contributed by atoms with van der Waals surface area (Å²) in [5, 5.41) is 9.68. The smallest absolute Gasteiger partial charge is 0.0772 e. The van der Waals surface area contributed by atoms with Crippen LogP contribution in [0.2, 0.25) is 0 Å². The molecule has 1 aromatic carbocycles. The van der Waals surface area contributed by atoms with Gasteiger partial charge in [-0.2, -0.15) is 0 Å². The number of hydrogen-bond acceptors (Lipinski definition) is 3. The maximum atomic E-state index is 9.68. The van der Waals surface area contributed by atoms with Gasteiger partial charge in [0, 0.05) is 35.6 Å². The molecule has 2 rings (SSSR count). The van der Waals surface area contributed by atoms with Crippen LogP contribution in [0.3, 0.4) is 0 Å². The number of nitrogens with zero attached hydrogens (tertiary/aromatic N) is 2. The summed E-state index contributed by atoms with van der Waals surface area (Å²) in [5.41, 5.74) is 3.28. The van der Waals surface area contributed by atoms with Crippen LogP contribution < -0.4 is 4.90 Å². The highest BCUT2D eigenvalue weighted by Gasteiger charge is 2.10. The van der Waals surface area contributed by atoms with Crippen LogP contribution in [-0.4, -0.2) is 16.6 Å². The Balaban J connectivity index is 2.22. The van der Waals surface area contributed by atoms with Crippen LogP contribution in [0.25, 0.3) is 0 Å². The van der Waals surface area contributed by atoms with Gasteiger partial charge in [0.15, 0.2) is 0 Å². The summed E-state index contributed by atoms with van der Waals surface area (Å²) in [4.78, 5) is 6.33. The summed E-state index contributed by atoms with van der Waals surface area (Å²) >= 11 is 3.53. The van der Waals surface area contributed by atoms with E-state index in [0.29, 0.717) is 0 Å². The Kier molecular flexibility index (Phi) is 5.15. The van der Waals surface area contributed by atoms with Crippen molar-refractivity contribution in [2.24, 2.45) is 0 Å². The fourth-order valence-electron chi connectivity index (χ4n) is 2.15. The SMILES string of the molecule is CCN(Cc1ccncc1)c1ccc([C@@H](C)O)c(Br)c1. The second-order valence-corrected chi connectivity index (χ2v) is 5.61. The van der Waals surface area contributed by atoms with Crippen LogP contribution >= 0.6 is 15.9 Å². The predicted molar refractivity (Wildman–Crippen MR) is 85.7 cm³/mol. The highest BCUT2D eigenvalue weighted by molar-refractivity contribution is 9.10. The molecule has 0 saturated heterocycles. The Bertz CT molecular complexity index is 558. The van der Waals surface area contributed by atoms with Gasteiger partial charge in [-0.05, 0) is 49.2 Å². The van der Waals surface area contributed by atoms with Crippen molar-refractivity contribution in [3.05, 3.63) is 58.3 Å². The third-order valence-electron chi connectivity index (χ3n) is 3.30. The number of aromatic nitrogens is 1. The molecule has 0 spiro atoms. The van der Waals surface area contributed by atoms with E-state index < -0.39 is 6.10 Å².